The van der Waals surface area contributed by atoms with Gasteiger partial charge >= 0.3 is 5.97 Å². The summed E-state index contributed by atoms with van der Waals surface area (Å²) in [5.74, 6) is 0.144. The van der Waals surface area contributed by atoms with Crippen molar-refractivity contribution >= 4 is 5.97 Å². The van der Waals surface area contributed by atoms with Crippen LogP contribution in [-0.4, -0.2) is 34.6 Å². The van der Waals surface area contributed by atoms with Crippen LogP contribution in [-0.2, 0) is 4.79 Å². The van der Waals surface area contributed by atoms with Gasteiger partial charge in [-0.05, 0) is 51.5 Å². The van der Waals surface area contributed by atoms with Gasteiger partial charge in [0.1, 0.15) is 0 Å². The number of rotatable bonds is 2. The lowest BCUT2D eigenvalue weighted by molar-refractivity contribution is -0.144. The molecule has 0 bridgehead atoms. The molecule has 1 heterocycles. The van der Waals surface area contributed by atoms with Crippen LogP contribution in [0.3, 0.4) is 0 Å². The van der Waals surface area contributed by atoms with Gasteiger partial charge < -0.3 is 5.11 Å². The predicted molar refractivity (Wildman–Crippen MR) is 63.3 cm³/mol. The van der Waals surface area contributed by atoms with Crippen molar-refractivity contribution in [3.8, 4) is 0 Å². The maximum absolute atomic E-state index is 11.0. The van der Waals surface area contributed by atoms with Gasteiger partial charge in [-0.1, -0.05) is 6.92 Å². The SMILES string of the molecule is CC1CCC(N2CCC(C(=O)O)CC2C)C1. The fraction of sp³-hybridized carbons (Fsp3) is 0.923. The summed E-state index contributed by atoms with van der Waals surface area (Å²) in [6.07, 6.45) is 5.63. The van der Waals surface area contributed by atoms with Crippen molar-refractivity contribution in [3.63, 3.8) is 0 Å². The Morgan fingerprint density at radius 1 is 1.19 bits per heavy atom. The summed E-state index contributed by atoms with van der Waals surface area (Å²) in [4.78, 5) is 13.5. The first-order valence-electron chi connectivity index (χ1n) is 6.56. The molecule has 4 atom stereocenters. The van der Waals surface area contributed by atoms with Gasteiger partial charge in [-0.2, -0.15) is 0 Å². The van der Waals surface area contributed by atoms with E-state index in [0.717, 1.165) is 31.3 Å². The fourth-order valence-electron chi connectivity index (χ4n) is 3.44. The van der Waals surface area contributed by atoms with Gasteiger partial charge in [-0.25, -0.2) is 0 Å². The third-order valence-electron chi connectivity index (χ3n) is 4.41. The first-order valence-corrected chi connectivity index (χ1v) is 6.56. The minimum Gasteiger partial charge on any atom is -0.481 e. The lowest BCUT2D eigenvalue weighted by atomic mass is 9.90. The van der Waals surface area contributed by atoms with Gasteiger partial charge in [0.25, 0.3) is 0 Å². The van der Waals surface area contributed by atoms with E-state index in [0.29, 0.717) is 6.04 Å². The zero-order valence-corrected chi connectivity index (χ0v) is 10.4. The molecule has 2 aliphatic rings. The minimum absolute atomic E-state index is 0.106. The molecule has 3 nitrogen and oxygen atoms in total. The monoisotopic (exact) mass is 225 g/mol. The molecular formula is C13H23NO2. The summed E-state index contributed by atoms with van der Waals surface area (Å²) in [5, 5.41) is 9.03. The van der Waals surface area contributed by atoms with E-state index in [9.17, 15) is 4.79 Å². The Hall–Kier alpha value is -0.570. The second kappa shape index (κ2) is 4.74. The second-order valence-electron chi connectivity index (χ2n) is 5.72. The third-order valence-corrected chi connectivity index (χ3v) is 4.41. The molecule has 1 aliphatic heterocycles. The lowest BCUT2D eigenvalue weighted by Gasteiger charge is -2.40. The summed E-state index contributed by atoms with van der Waals surface area (Å²) in [6.45, 7) is 5.50. The van der Waals surface area contributed by atoms with Crippen LogP contribution in [0.1, 0.15) is 46.0 Å². The third kappa shape index (κ3) is 2.40. The summed E-state index contributed by atoms with van der Waals surface area (Å²) < 4.78 is 0. The van der Waals surface area contributed by atoms with Crippen LogP contribution < -0.4 is 0 Å². The summed E-state index contributed by atoms with van der Waals surface area (Å²) >= 11 is 0. The number of hydrogen-bond donors (Lipinski definition) is 1. The molecule has 2 rings (SSSR count). The van der Waals surface area contributed by atoms with Gasteiger partial charge in [-0.3, -0.25) is 9.69 Å². The first-order chi connectivity index (χ1) is 7.58. The molecule has 0 aromatic heterocycles. The Bertz CT molecular complexity index is 267. The Labute approximate surface area is 97.8 Å². The average molecular weight is 225 g/mol. The molecule has 4 unspecified atom stereocenters. The standard InChI is InChI=1S/C13H23NO2/c1-9-3-4-12(7-9)14-6-5-11(13(15)16)8-10(14)2/h9-12H,3-8H2,1-2H3,(H,15,16). The molecule has 0 aromatic carbocycles. The van der Waals surface area contributed by atoms with Crippen LogP contribution in [0.15, 0.2) is 0 Å². The smallest absolute Gasteiger partial charge is 0.306 e. The van der Waals surface area contributed by atoms with Crippen molar-refractivity contribution < 1.29 is 9.90 Å². The van der Waals surface area contributed by atoms with E-state index in [1.54, 1.807) is 0 Å². The number of carboxylic acid groups (broad SMARTS) is 1. The summed E-state index contributed by atoms with van der Waals surface area (Å²) in [6, 6.07) is 1.17. The summed E-state index contributed by atoms with van der Waals surface area (Å²) in [7, 11) is 0. The van der Waals surface area contributed by atoms with Crippen molar-refractivity contribution in [2.24, 2.45) is 11.8 Å². The molecule has 2 fully saturated rings. The maximum atomic E-state index is 11.0. The largest absolute Gasteiger partial charge is 0.481 e. The highest BCUT2D eigenvalue weighted by Gasteiger charge is 2.35. The average Bonchev–Trinajstić information content (AvgIpc) is 2.64. The zero-order chi connectivity index (χ0) is 11.7. The van der Waals surface area contributed by atoms with E-state index in [1.807, 2.05) is 0 Å². The van der Waals surface area contributed by atoms with E-state index in [2.05, 4.69) is 18.7 Å². The molecule has 1 saturated heterocycles. The van der Waals surface area contributed by atoms with Crippen molar-refractivity contribution in [1.29, 1.82) is 0 Å². The second-order valence-corrected chi connectivity index (χ2v) is 5.72. The molecular weight excluding hydrogens is 202 g/mol. The number of aliphatic carboxylic acids is 1. The number of carboxylic acids is 1. The molecule has 92 valence electrons. The highest BCUT2D eigenvalue weighted by Crippen LogP contribution is 2.34. The molecule has 1 aliphatic carbocycles. The number of likely N-dealkylation sites (tertiary alicyclic amines) is 1. The van der Waals surface area contributed by atoms with E-state index in [1.165, 1.54) is 19.3 Å². The molecule has 16 heavy (non-hydrogen) atoms. The summed E-state index contributed by atoms with van der Waals surface area (Å²) in [5.41, 5.74) is 0. The first kappa shape index (κ1) is 11.9. The van der Waals surface area contributed by atoms with Crippen LogP contribution in [0.2, 0.25) is 0 Å². The van der Waals surface area contributed by atoms with Crippen molar-refractivity contribution in [1.82, 2.24) is 4.90 Å². The molecule has 0 radical (unpaired) electrons. The molecule has 0 amide bonds. The molecule has 1 saturated carbocycles. The van der Waals surface area contributed by atoms with Gasteiger partial charge in [0, 0.05) is 12.1 Å². The van der Waals surface area contributed by atoms with Gasteiger partial charge in [0.15, 0.2) is 0 Å². The van der Waals surface area contributed by atoms with Crippen LogP contribution in [0.5, 0.6) is 0 Å². The number of piperidine rings is 1. The zero-order valence-electron chi connectivity index (χ0n) is 10.4. The Balaban J connectivity index is 1.91. The number of carbonyl (C=O) groups is 1. The van der Waals surface area contributed by atoms with E-state index < -0.39 is 5.97 Å². The van der Waals surface area contributed by atoms with Crippen LogP contribution in [0, 0.1) is 11.8 Å². The van der Waals surface area contributed by atoms with E-state index in [-0.39, 0.29) is 5.92 Å². The van der Waals surface area contributed by atoms with E-state index >= 15 is 0 Å². The van der Waals surface area contributed by atoms with Crippen LogP contribution in [0.4, 0.5) is 0 Å². The quantitative estimate of drug-likeness (QED) is 0.784. The minimum atomic E-state index is -0.605. The maximum Gasteiger partial charge on any atom is 0.306 e. The van der Waals surface area contributed by atoms with Crippen LogP contribution >= 0.6 is 0 Å². The molecule has 1 N–H and O–H groups in total. The van der Waals surface area contributed by atoms with Crippen molar-refractivity contribution in [2.45, 2.75) is 58.0 Å². The van der Waals surface area contributed by atoms with Crippen molar-refractivity contribution in [2.75, 3.05) is 6.54 Å². The van der Waals surface area contributed by atoms with Gasteiger partial charge in [-0.15, -0.1) is 0 Å². The fourth-order valence-corrected chi connectivity index (χ4v) is 3.44. The Morgan fingerprint density at radius 3 is 2.44 bits per heavy atom. The van der Waals surface area contributed by atoms with Crippen LogP contribution in [0.25, 0.3) is 0 Å². The lowest BCUT2D eigenvalue weighted by Crippen LogP contribution is -2.47. The van der Waals surface area contributed by atoms with Gasteiger partial charge in [0.05, 0.1) is 5.92 Å². The van der Waals surface area contributed by atoms with Gasteiger partial charge in [0.2, 0.25) is 0 Å². The normalized spacial score (nSPS) is 41.1. The molecule has 0 spiro atoms. The number of nitrogens with zero attached hydrogens (tertiary/aromatic N) is 1. The Kier molecular flexibility index (Phi) is 3.53. The topological polar surface area (TPSA) is 40.5 Å². The van der Waals surface area contributed by atoms with Crippen molar-refractivity contribution in [3.05, 3.63) is 0 Å². The Morgan fingerprint density at radius 2 is 1.94 bits per heavy atom. The highest BCUT2D eigenvalue weighted by molar-refractivity contribution is 5.70. The highest BCUT2D eigenvalue weighted by atomic mass is 16.4. The predicted octanol–water partition coefficient (Wildman–Crippen LogP) is 2.36. The molecule has 3 heteroatoms. The number of hydrogen-bond acceptors (Lipinski definition) is 2. The van der Waals surface area contributed by atoms with E-state index in [4.69, 9.17) is 5.11 Å². The molecule has 0 aromatic rings.